The summed E-state index contributed by atoms with van der Waals surface area (Å²) >= 11 is 0. The summed E-state index contributed by atoms with van der Waals surface area (Å²) < 4.78 is 0. The molecule has 2 aromatic rings. The molecular weight excluding hydrogens is 354 g/mol. The first-order chi connectivity index (χ1) is 13.6. The first kappa shape index (κ1) is 18.2. The molecule has 144 valence electrons. The zero-order chi connectivity index (χ0) is 19.7. The van der Waals surface area contributed by atoms with Crippen molar-refractivity contribution in [2.45, 2.75) is 32.2 Å². The monoisotopic (exact) mass is 377 g/mol. The Morgan fingerprint density at radius 1 is 1.11 bits per heavy atom. The number of carbonyl (C=O) groups is 3. The highest BCUT2D eigenvalue weighted by molar-refractivity contribution is 6.13. The highest BCUT2D eigenvalue weighted by atomic mass is 16.2. The van der Waals surface area contributed by atoms with Crippen molar-refractivity contribution in [3.8, 4) is 0 Å². The standard InChI is InChI=1S/C22H23N3O3/c1-2-15-9-11-16(12-10-15)23-20(26)14-25-18-7-4-3-6-17(18)21(27)24-13-5-8-19(24)22(25)28/h3-4,6-7,9-12,19H,2,5,8,13-14H2,1H3,(H,23,26)/t19-/m0/s1. The first-order valence-corrected chi connectivity index (χ1v) is 9.68. The molecular formula is C22H23N3O3. The molecule has 1 saturated heterocycles. The lowest BCUT2D eigenvalue weighted by molar-refractivity contribution is -0.124. The molecule has 2 aromatic carbocycles. The van der Waals surface area contributed by atoms with Gasteiger partial charge in [-0.3, -0.25) is 14.4 Å². The van der Waals surface area contributed by atoms with Gasteiger partial charge in [0.25, 0.3) is 5.91 Å². The van der Waals surface area contributed by atoms with Crippen LogP contribution in [0.3, 0.4) is 0 Å². The topological polar surface area (TPSA) is 69.7 Å². The lowest BCUT2D eigenvalue weighted by atomic mass is 10.1. The summed E-state index contributed by atoms with van der Waals surface area (Å²) in [6.45, 7) is 2.53. The maximum atomic E-state index is 13.2. The number of para-hydroxylation sites is 1. The van der Waals surface area contributed by atoms with Crippen molar-refractivity contribution >= 4 is 29.1 Å². The van der Waals surface area contributed by atoms with Crippen LogP contribution < -0.4 is 10.2 Å². The van der Waals surface area contributed by atoms with Crippen molar-refractivity contribution in [1.82, 2.24) is 4.90 Å². The molecule has 0 unspecified atom stereocenters. The van der Waals surface area contributed by atoms with Gasteiger partial charge in [-0.05, 0) is 49.1 Å². The van der Waals surface area contributed by atoms with Crippen LogP contribution in [-0.4, -0.2) is 41.8 Å². The number of hydrogen-bond donors (Lipinski definition) is 1. The Labute approximate surface area is 164 Å². The third-order valence-corrected chi connectivity index (χ3v) is 5.44. The third kappa shape index (κ3) is 3.26. The molecule has 0 bridgehead atoms. The normalized spacial score (nSPS) is 18.5. The lowest BCUT2D eigenvalue weighted by Gasteiger charge is -2.25. The first-order valence-electron chi connectivity index (χ1n) is 9.68. The van der Waals surface area contributed by atoms with Crippen molar-refractivity contribution in [2.75, 3.05) is 23.3 Å². The van der Waals surface area contributed by atoms with E-state index in [1.54, 1.807) is 29.2 Å². The molecule has 6 heteroatoms. The van der Waals surface area contributed by atoms with E-state index >= 15 is 0 Å². The molecule has 1 fully saturated rings. The second-order valence-corrected chi connectivity index (χ2v) is 7.20. The molecule has 2 aliphatic rings. The molecule has 2 heterocycles. The Morgan fingerprint density at radius 2 is 1.86 bits per heavy atom. The molecule has 0 aromatic heterocycles. The van der Waals surface area contributed by atoms with Gasteiger partial charge < -0.3 is 15.1 Å². The minimum Gasteiger partial charge on any atom is -0.327 e. The van der Waals surface area contributed by atoms with Gasteiger partial charge in [0, 0.05) is 12.2 Å². The van der Waals surface area contributed by atoms with Crippen LogP contribution in [-0.2, 0) is 16.0 Å². The number of nitrogens with zero attached hydrogens (tertiary/aromatic N) is 2. The quantitative estimate of drug-likeness (QED) is 0.891. The Morgan fingerprint density at radius 3 is 2.61 bits per heavy atom. The zero-order valence-corrected chi connectivity index (χ0v) is 15.9. The van der Waals surface area contributed by atoms with Gasteiger partial charge in [0.2, 0.25) is 11.8 Å². The predicted molar refractivity (Wildman–Crippen MR) is 107 cm³/mol. The molecule has 2 aliphatic heterocycles. The average Bonchev–Trinajstić information content (AvgIpc) is 3.19. The van der Waals surface area contributed by atoms with Crippen LogP contribution in [0.1, 0.15) is 35.7 Å². The summed E-state index contributed by atoms with van der Waals surface area (Å²) in [5.41, 5.74) is 2.86. The number of carbonyl (C=O) groups excluding carboxylic acids is 3. The van der Waals surface area contributed by atoms with Gasteiger partial charge in [-0.1, -0.05) is 31.2 Å². The van der Waals surface area contributed by atoms with Crippen LogP contribution in [0, 0.1) is 0 Å². The molecule has 0 radical (unpaired) electrons. The van der Waals surface area contributed by atoms with Crippen molar-refractivity contribution in [2.24, 2.45) is 0 Å². The second kappa shape index (κ2) is 7.46. The van der Waals surface area contributed by atoms with Crippen molar-refractivity contribution in [3.63, 3.8) is 0 Å². The molecule has 28 heavy (non-hydrogen) atoms. The number of amides is 3. The van der Waals surface area contributed by atoms with E-state index in [1.807, 2.05) is 24.3 Å². The molecule has 0 spiro atoms. The third-order valence-electron chi connectivity index (χ3n) is 5.44. The van der Waals surface area contributed by atoms with E-state index in [9.17, 15) is 14.4 Å². The van der Waals surface area contributed by atoms with E-state index < -0.39 is 6.04 Å². The fourth-order valence-electron chi connectivity index (χ4n) is 3.94. The number of hydrogen-bond acceptors (Lipinski definition) is 3. The largest absolute Gasteiger partial charge is 0.327 e. The number of benzene rings is 2. The van der Waals surface area contributed by atoms with Gasteiger partial charge in [0.1, 0.15) is 12.6 Å². The number of anilines is 2. The second-order valence-electron chi connectivity index (χ2n) is 7.20. The van der Waals surface area contributed by atoms with E-state index in [0.29, 0.717) is 29.9 Å². The fraction of sp³-hybridized carbons (Fsp3) is 0.318. The van der Waals surface area contributed by atoms with Crippen molar-refractivity contribution < 1.29 is 14.4 Å². The minimum absolute atomic E-state index is 0.122. The molecule has 4 rings (SSSR count). The highest BCUT2D eigenvalue weighted by Gasteiger charge is 2.42. The Kier molecular flexibility index (Phi) is 4.86. The summed E-state index contributed by atoms with van der Waals surface area (Å²) in [6, 6.07) is 14.2. The van der Waals surface area contributed by atoms with Crippen molar-refractivity contribution in [1.29, 1.82) is 0 Å². The number of fused-ring (bicyclic) bond motifs is 2. The number of rotatable bonds is 4. The van der Waals surface area contributed by atoms with Gasteiger partial charge in [-0.25, -0.2) is 0 Å². The Balaban J connectivity index is 1.59. The van der Waals surface area contributed by atoms with Crippen LogP contribution >= 0.6 is 0 Å². The van der Waals surface area contributed by atoms with Gasteiger partial charge in [-0.15, -0.1) is 0 Å². The summed E-state index contributed by atoms with van der Waals surface area (Å²) in [7, 11) is 0. The highest BCUT2D eigenvalue weighted by Crippen LogP contribution is 2.32. The summed E-state index contributed by atoms with van der Waals surface area (Å²) in [6.07, 6.45) is 2.36. The van der Waals surface area contributed by atoms with E-state index in [0.717, 1.165) is 12.8 Å². The van der Waals surface area contributed by atoms with Crippen molar-refractivity contribution in [3.05, 3.63) is 59.7 Å². The molecule has 3 amide bonds. The van der Waals surface area contributed by atoms with Gasteiger partial charge >= 0.3 is 0 Å². The Hall–Kier alpha value is -3.15. The Bertz CT molecular complexity index is 923. The molecule has 1 N–H and O–H groups in total. The zero-order valence-electron chi connectivity index (χ0n) is 15.9. The number of aryl methyl sites for hydroxylation is 1. The molecule has 6 nitrogen and oxygen atoms in total. The van der Waals surface area contributed by atoms with Crippen LogP contribution in [0.15, 0.2) is 48.5 Å². The van der Waals surface area contributed by atoms with E-state index in [-0.39, 0.29) is 24.3 Å². The smallest absolute Gasteiger partial charge is 0.256 e. The fourth-order valence-corrected chi connectivity index (χ4v) is 3.94. The predicted octanol–water partition coefficient (Wildman–Crippen LogP) is 2.84. The van der Waals surface area contributed by atoms with E-state index in [2.05, 4.69) is 12.2 Å². The van der Waals surface area contributed by atoms with E-state index in [4.69, 9.17) is 0 Å². The van der Waals surface area contributed by atoms with Gasteiger partial charge in [0.05, 0.1) is 11.3 Å². The van der Waals surface area contributed by atoms with Crippen LogP contribution in [0.2, 0.25) is 0 Å². The molecule has 0 aliphatic carbocycles. The summed E-state index contributed by atoms with van der Waals surface area (Å²) in [5.74, 6) is -0.608. The SMILES string of the molecule is CCc1ccc(NC(=O)CN2C(=O)[C@@H]3CCCN3C(=O)c3ccccc32)cc1. The summed E-state index contributed by atoms with van der Waals surface area (Å²) in [4.78, 5) is 41.8. The summed E-state index contributed by atoms with van der Waals surface area (Å²) in [5, 5.41) is 2.85. The molecule has 1 atom stereocenters. The lowest BCUT2D eigenvalue weighted by Crippen LogP contribution is -2.47. The average molecular weight is 377 g/mol. The minimum atomic E-state index is -0.489. The maximum absolute atomic E-state index is 13.2. The number of nitrogens with one attached hydrogen (secondary N) is 1. The van der Waals surface area contributed by atoms with Crippen LogP contribution in [0.4, 0.5) is 11.4 Å². The van der Waals surface area contributed by atoms with Crippen LogP contribution in [0.5, 0.6) is 0 Å². The van der Waals surface area contributed by atoms with Crippen LogP contribution in [0.25, 0.3) is 0 Å². The molecule has 0 saturated carbocycles. The van der Waals surface area contributed by atoms with Gasteiger partial charge in [0.15, 0.2) is 0 Å². The van der Waals surface area contributed by atoms with E-state index in [1.165, 1.54) is 10.5 Å². The maximum Gasteiger partial charge on any atom is 0.256 e. The van der Waals surface area contributed by atoms with Gasteiger partial charge in [-0.2, -0.15) is 0 Å².